The highest BCUT2D eigenvalue weighted by molar-refractivity contribution is 5.81. The molecule has 0 spiro atoms. The SMILES string of the molecule is CC.CCC(CC)OC(=O)C/C=C/CN.CCC(CC)OC(=O)C/C=C/CNC.CCC(O)CC.CCC(O)CC(=O)O.CC[C@@H](C)N.CC[C@@H](C)N(C/C=C/c1ccc(OC)cc1)C(=O)CNC.CC[C@@H](C)N1C=CN(C)CC1=O.CC[C@@H](C)NC/C=C/c1ccc(OC)cc1.CNC/C=C/CC(O)O.COc1ccc(/C=C/C=O)cc1.C[C@@H](C(O)O)N1CCN(C)CC1=O.NC/C=C/CC(O)O. The molecule has 0 aliphatic carbocycles. The molecule has 19 N–H and O–H groups in total. The number of piperazine rings is 1. The van der Waals surface area contributed by atoms with Crippen LogP contribution in [0.4, 0.5) is 0 Å². The van der Waals surface area contributed by atoms with Crippen molar-refractivity contribution in [1.82, 2.24) is 45.8 Å². The van der Waals surface area contributed by atoms with Crippen molar-refractivity contribution < 1.29 is 103 Å². The number of hydrogen-bond donors (Lipinski definition) is 16. The van der Waals surface area contributed by atoms with Crippen molar-refractivity contribution in [3.05, 3.63) is 169 Å². The number of allylic oxidation sites excluding steroid dienone is 1. The number of aliphatic hydroxyl groups excluding tert-OH is 5. The van der Waals surface area contributed by atoms with Gasteiger partial charge in [0.05, 0.1) is 78.5 Å². The minimum atomic E-state index is -1.45. The molecule has 0 saturated carbocycles. The molecule has 33 nitrogen and oxygen atoms in total. The number of carbonyl (C=O) groups excluding carboxylic acids is 6. The van der Waals surface area contributed by atoms with Crippen molar-refractivity contribution in [2.75, 3.05) is 129 Å². The molecule has 2 aliphatic heterocycles. The van der Waals surface area contributed by atoms with Crippen LogP contribution in [-0.4, -0.2) is 314 Å². The van der Waals surface area contributed by atoms with Crippen LogP contribution >= 0.6 is 0 Å². The van der Waals surface area contributed by atoms with Crippen molar-refractivity contribution in [2.24, 2.45) is 17.2 Å². The summed E-state index contributed by atoms with van der Waals surface area (Å²) in [7, 11) is 14.2. The van der Waals surface area contributed by atoms with Crippen molar-refractivity contribution >= 4 is 60.1 Å². The summed E-state index contributed by atoms with van der Waals surface area (Å²) >= 11 is 0. The van der Waals surface area contributed by atoms with Crippen molar-refractivity contribution in [2.45, 2.75) is 301 Å². The van der Waals surface area contributed by atoms with Gasteiger partial charge in [-0.1, -0.05) is 205 Å². The lowest BCUT2D eigenvalue weighted by Gasteiger charge is -2.36. The van der Waals surface area contributed by atoms with Crippen LogP contribution in [-0.2, 0) is 43.0 Å². The van der Waals surface area contributed by atoms with E-state index in [2.05, 4.69) is 94.0 Å². The quantitative estimate of drug-likeness (QED) is 0.00821. The van der Waals surface area contributed by atoms with Crippen LogP contribution in [0.1, 0.15) is 244 Å². The second-order valence-corrected chi connectivity index (χ2v) is 31.6. The highest BCUT2D eigenvalue weighted by Gasteiger charge is 2.29. The third kappa shape index (κ3) is 93.4. The molecular weight excluding hydrogens is 1780 g/mol. The van der Waals surface area contributed by atoms with Crippen LogP contribution in [0.5, 0.6) is 17.2 Å². The van der Waals surface area contributed by atoms with E-state index in [0.717, 1.165) is 125 Å². The van der Waals surface area contributed by atoms with Crippen LogP contribution in [0, 0.1) is 0 Å². The first-order chi connectivity index (χ1) is 66.2. The first kappa shape index (κ1) is 145. The number of methoxy groups -OCH3 is 3. The van der Waals surface area contributed by atoms with E-state index in [-0.39, 0.29) is 66.9 Å². The molecule has 1 fully saturated rings. The number of aldehydes is 1. The van der Waals surface area contributed by atoms with Gasteiger partial charge in [-0.3, -0.25) is 38.5 Å². The van der Waals surface area contributed by atoms with E-state index in [1.54, 1.807) is 83.6 Å². The summed E-state index contributed by atoms with van der Waals surface area (Å²) in [5, 5.41) is 88.5. The van der Waals surface area contributed by atoms with Gasteiger partial charge >= 0.3 is 17.9 Å². The Morgan fingerprint density at radius 3 is 1.24 bits per heavy atom. The Bertz CT molecular complexity index is 3600. The molecule has 0 bridgehead atoms. The Hall–Kier alpha value is -9.37. The number of esters is 2. The second-order valence-electron chi connectivity index (χ2n) is 31.6. The number of nitrogens with one attached hydrogen (secondary N) is 4. The van der Waals surface area contributed by atoms with Gasteiger partial charge in [-0.25, -0.2) is 0 Å². The van der Waals surface area contributed by atoms with E-state index < -0.39 is 37.0 Å². The topological polar surface area (TPSA) is 490 Å². The predicted molar refractivity (Wildman–Crippen MR) is 569 cm³/mol. The first-order valence-corrected chi connectivity index (χ1v) is 49.0. The Morgan fingerprint density at radius 2 is 0.906 bits per heavy atom. The number of ether oxygens (including phenoxy) is 5. The van der Waals surface area contributed by atoms with Crippen LogP contribution < -0.4 is 52.7 Å². The number of amides is 3. The molecule has 2 aliphatic rings. The molecule has 0 radical (unpaired) electrons. The van der Waals surface area contributed by atoms with Crippen LogP contribution in [0.25, 0.3) is 18.2 Å². The number of aliphatic hydroxyl groups is 8. The average Bonchev–Trinajstić information content (AvgIpc) is 0.861. The molecule has 3 amide bonds. The molecular formula is C106H192N12O21. The third-order valence-corrected chi connectivity index (χ3v) is 19.9. The van der Waals surface area contributed by atoms with Crippen molar-refractivity contribution in [3.63, 3.8) is 0 Å². The molecule has 33 heteroatoms. The molecule has 0 aromatic heterocycles. The zero-order valence-electron chi connectivity index (χ0n) is 89.7. The number of rotatable bonds is 47. The van der Waals surface area contributed by atoms with Crippen LogP contribution in [0.2, 0.25) is 0 Å². The summed E-state index contributed by atoms with van der Waals surface area (Å²) in [6, 6.07) is 24.4. The maximum atomic E-state index is 12.1. The summed E-state index contributed by atoms with van der Waals surface area (Å²) in [5.41, 5.74) is 18.9. The van der Waals surface area contributed by atoms with Gasteiger partial charge in [0.1, 0.15) is 35.7 Å². The Balaban J connectivity index is -0.000000228. The van der Waals surface area contributed by atoms with Gasteiger partial charge < -0.3 is 128 Å². The van der Waals surface area contributed by atoms with Crippen LogP contribution in [0.15, 0.2) is 152 Å². The van der Waals surface area contributed by atoms with Crippen LogP contribution in [0.3, 0.4) is 0 Å². The molecule has 3 aromatic carbocycles. The molecule has 139 heavy (non-hydrogen) atoms. The number of aliphatic carboxylic acids is 1. The first-order valence-electron chi connectivity index (χ1n) is 49.0. The van der Waals surface area contributed by atoms with Gasteiger partial charge in [0.25, 0.3) is 0 Å². The number of carboxylic acids is 1. The molecule has 2 heterocycles. The molecule has 6 atom stereocenters. The molecule has 1 saturated heterocycles. The van der Waals surface area contributed by atoms with Gasteiger partial charge in [-0.2, -0.15) is 0 Å². The van der Waals surface area contributed by atoms with Gasteiger partial charge in [-0.15, -0.1) is 0 Å². The zero-order chi connectivity index (χ0) is 108. The summed E-state index contributed by atoms with van der Waals surface area (Å²) in [6.45, 7) is 42.8. The predicted octanol–water partition coefficient (Wildman–Crippen LogP) is 12.4. The standard InChI is InChI=1S/C17H26N2O2.C14H21NO.C11H21NO2.C10H19NO2.C10H10O2.C9H16N2O.C8H16N2O3.C6H13NO2.C5H11NO2.C5H10O3.C5H12O.C4H11N.C2H6/c1-5-14(2)19(17(20)13-18-3)12-6-7-15-8-10-16(21-4)11-9-15;1-4-12(2)15-11-5-6-13-7-9-14(16-3)10-8-13;1-4-10(5-2)14-11(13)8-6-7-9-12-3;1-3-9(4-2)13-10(12)7-5-6-8-11;1-12-10-6-4-9(5-7-10)3-2-8-11;1-4-8(2)11-6-5-10(3)7-9(11)12;1-6(8(12)13)10-4-3-9(2)5-7(10)11;1-7-5-3-2-4-6(8)9;6-4-2-1-3-5(7)8;1-2-4(6)3-5(7)8;1-3-5(6)4-2;1-3-4(2)5;1-2/h6-11,14,18H,5,12-13H2,1-4H3;5-10,12,15H,4,11H2,1-3H3;6-7,10,12H,4-5,8-9H2,1-3H3;5-6,9H,3-4,7-8,11H2,1-2H3;2-8H,1H3;5-6,8H,4,7H2,1-3H3;6,8,12-13H,3-5H2,1-2H3;2-3,6-9H,4-5H2,1H3;1-2,5,7-8H,3-4,6H2;4,6H,2-3H2,1H3,(H,7,8);5-6H,3-4H2,1-2H3;4H,3,5H2,1-2H3;1-2H3/b7-6+;6-5+;7-6+;6-5+;3-2+;;;3-2+;2-1+;;;;/t14-;12-;;;;8-;6-;;;;;4-;/m11...10....1./s1. The highest BCUT2D eigenvalue weighted by atomic mass is 16.5. The van der Waals surface area contributed by atoms with Gasteiger partial charge in [-0.05, 0) is 193 Å². The summed E-state index contributed by atoms with van der Waals surface area (Å²) in [5.74, 6) is 1.59. The van der Waals surface area contributed by atoms with E-state index in [1.807, 2.05) is 209 Å². The Morgan fingerprint density at radius 1 is 0.489 bits per heavy atom. The fourth-order valence-corrected chi connectivity index (χ4v) is 10.2. The van der Waals surface area contributed by atoms with E-state index >= 15 is 0 Å². The average molecular weight is 1970 g/mol. The number of nitrogens with zero attached hydrogens (tertiary/aromatic N) is 5. The maximum Gasteiger partial charge on any atom is 0.309 e. The van der Waals surface area contributed by atoms with Crippen molar-refractivity contribution in [1.29, 1.82) is 0 Å². The lowest BCUT2D eigenvalue weighted by atomic mass is 10.2. The number of benzene rings is 3. The number of hydrogen-bond acceptors (Lipinski definition) is 29. The van der Waals surface area contributed by atoms with E-state index in [4.69, 9.17) is 86.8 Å². The monoisotopic (exact) mass is 1970 g/mol. The largest absolute Gasteiger partial charge is 0.497 e. The molecule has 1 unspecified atom stereocenters. The van der Waals surface area contributed by atoms with Crippen molar-refractivity contribution in [3.8, 4) is 17.2 Å². The fourth-order valence-electron chi connectivity index (χ4n) is 10.2. The Kier molecular flexibility index (Phi) is 107. The minimum Gasteiger partial charge on any atom is -0.497 e. The molecule has 5 rings (SSSR count). The normalized spacial score (nSPS) is 13.4. The van der Waals surface area contributed by atoms with E-state index in [9.17, 15) is 33.6 Å². The molecule has 802 valence electrons. The summed E-state index contributed by atoms with van der Waals surface area (Å²) < 4.78 is 25.6. The summed E-state index contributed by atoms with van der Waals surface area (Å²) in [6.07, 6.45) is 36.9. The number of carboxylic acid groups (broad SMARTS) is 1. The number of likely N-dealkylation sites (N-methyl/N-ethyl adjacent to an activating group) is 5. The van der Waals surface area contributed by atoms with Gasteiger partial charge in [0.2, 0.25) is 17.7 Å². The smallest absolute Gasteiger partial charge is 0.309 e. The summed E-state index contributed by atoms with van der Waals surface area (Å²) in [4.78, 5) is 86.1. The minimum absolute atomic E-state index is 0.0469. The lowest BCUT2D eigenvalue weighted by molar-refractivity contribution is -0.151. The Labute approximate surface area is 837 Å². The fraction of sp³-hybridized carbons (Fsp3) is 0.613. The van der Waals surface area contributed by atoms with E-state index in [0.29, 0.717) is 89.6 Å². The third-order valence-electron chi connectivity index (χ3n) is 19.9. The van der Waals surface area contributed by atoms with Gasteiger partial charge in [0, 0.05) is 109 Å². The zero-order valence-corrected chi connectivity index (χ0v) is 89.7. The van der Waals surface area contributed by atoms with E-state index in [1.165, 1.54) is 16.5 Å². The second kappa shape index (κ2) is 103. The highest BCUT2D eigenvalue weighted by Crippen LogP contribution is 2.17. The lowest BCUT2D eigenvalue weighted by Crippen LogP contribution is -2.55. The number of nitrogens with two attached hydrogens (primary N) is 3. The maximum absolute atomic E-state index is 12.1. The number of carbonyl (C=O) groups is 7. The van der Waals surface area contributed by atoms with Gasteiger partial charge in [0.15, 0.2) is 18.9 Å². The molecule has 3 aromatic rings.